The molecule has 108 valence electrons. The number of hydrogen-bond acceptors (Lipinski definition) is 2. The van der Waals surface area contributed by atoms with Gasteiger partial charge in [0.15, 0.2) is 0 Å². The van der Waals surface area contributed by atoms with Gasteiger partial charge < -0.3 is 5.32 Å². The van der Waals surface area contributed by atoms with Gasteiger partial charge in [-0.25, -0.2) is 0 Å². The lowest BCUT2D eigenvalue weighted by Crippen LogP contribution is -2.40. The van der Waals surface area contributed by atoms with Gasteiger partial charge in [-0.3, -0.25) is 0 Å². The maximum absolute atomic E-state index is 3.88. The van der Waals surface area contributed by atoms with E-state index in [1.54, 1.807) is 12.8 Å². The van der Waals surface area contributed by atoms with E-state index in [1.165, 1.54) is 36.5 Å². The number of hydrogen-bond donors (Lipinski definition) is 1. The molecule has 0 spiro atoms. The third-order valence-electron chi connectivity index (χ3n) is 5.95. The van der Waals surface area contributed by atoms with Crippen LogP contribution in [0.25, 0.3) is 0 Å². The maximum Gasteiger partial charge on any atom is 0.0106 e. The summed E-state index contributed by atoms with van der Waals surface area (Å²) in [6.07, 6.45) is 7.60. The number of nitrogens with one attached hydrogen (secondary N) is 1. The lowest BCUT2D eigenvalue weighted by molar-refractivity contribution is 0.211. The van der Waals surface area contributed by atoms with Crippen LogP contribution >= 0.6 is 11.8 Å². The van der Waals surface area contributed by atoms with Gasteiger partial charge in [0.05, 0.1) is 0 Å². The van der Waals surface area contributed by atoms with Gasteiger partial charge in [-0.1, -0.05) is 24.6 Å². The molecule has 0 saturated heterocycles. The summed E-state index contributed by atoms with van der Waals surface area (Å²) in [5.41, 5.74) is 0. The van der Waals surface area contributed by atoms with Crippen molar-refractivity contribution in [3.8, 4) is 0 Å². The van der Waals surface area contributed by atoms with Crippen LogP contribution in [-0.2, 0) is 0 Å². The fraction of sp³-hybridized carbons (Fsp3) is 0.667. The van der Waals surface area contributed by atoms with Gasteiger partial charge in [-0.2, -0.15) is 0 Å². The number of fused-ring (bicyclic) bond motifs is 5. The molecule has 20 heavy (non-hydrogen) atoms. The molecular formula is C18H25NS. The molecule has 0 heterocycles. The summed E-state index contributed by atoms with van der Waals surface area (Å²) in [4.78, 5) is 1.40. The van der Waals surface area contributed by atoms with Crippen molar-refractivity contribution in [3.63, 3.8) is 0 Å². The molecule has 1 aromatic rings. The van der Waals surface area contributed by atoms with Gasteiger partial charge in [0.1, 0.15) is 0 Å². The summed E-state index contributed by atoms with van der Waals surface area (Å²) in [6, 6.07) is 11.6. The van der Waals surface area contributed by atoms with Crippen molar-refractivity contribution in [1.82, 2.24) is 5.32 Å². The normalized spacial score (nSPS) is 38.3. The molecule has 2 heteroatoms. The van der Waals surface area contributed by atoms with Crippen LogP contribution in [0.15, 0.2) is 35.2 Å². The molecule has 3 aliphatic rings. The van der Waals surface area contributed by atoms with Gasteiger partial charge in [0, 0.05) is 23.2 Å². The van der Waals surface area contributed by atoms with E-state index in [2.05, 4.69) is 35.6 Å². The van der Waals surface area contributed by atoms with E-state index in [0.717, 1.165) is 29.7 Å². The van der Waals surface area contributed by atoms with Crippen molar-refractivity contribution >= 4 is 11.8 Å². The van der Waals surface area contributed by atoms with Crippen LogP contribution in [0.5, 0.6) is 0 Å². The molecule has 5 atom stereocenters. The highest BCUT2D eigenvalue weighted by molar-refractivity contribution is 7.99. The molecule has 0 aromatic heterocycles. The third kappa shape index (κ3) is 2.42. The predicted octanol–water partition coefficient (Wildman–Crippen LogP) is 4.19. The van der Waals surface area contributed by atoms with E-state index in [0.29, 0.717) is 0 Å². The summed E-state index contributed by atoms with van der Waals surface area (Å²) >= 11 is 1.98. The molecule has 1 N–H and O–H groups in total. The first-order valence-corrected chi connectivity index (χ1v) is 9.31. The molecule has 0 aliphatic heterocycles. The molecule has 1 nitrogen and oxygen atoms in total. The third-order valence-corrected chi connectivity index (χ3v) is 6.96. The summed E-state index contributed by atoms with van der Waals surface area (Å²) in [7, 11) is 0. The quantitative estimate of drug-likeness (QED) is 0.643. The van der Waals surface area contributed by atoms with E-state index < -0.39 is 0 Å². The van der Waals surface area contributed by atoms with Crippen LogP contribution in [0.2, 0.25) is 0 Å². The molecule has 0 radical (unpaired) electrons. The van der Waals surface area contributed by atoms with Gasteiger partial charge >= 0.3 is 0 Å². The average molecular weight is 287 g/mol. The molecule has 3 fully saturated rings. The van der Waals surface area contributed by atoms with Gasteiger partial charge in [-0.05, 0) is 61.5 Å². The van der Waals surface area contributed by atoms with Gasteiger partial charge in [0.2, 0.25) is 0 Å². The molecule has 3 saturated carbocycles. The minimum atomic E-state index is 0.843. The predicted molar refractivity (Wildman–Crippen MR) is 86.0 cm³/mol. The summed E-state index contributed by atoms with van der Waals surface area (Å²) in [6.45, 7) is 1.17. The van der Waals surface area contributed by atoms with E-state index >= 15 is 0 Å². The zero-order valence-corrected chi connectivity index (χ0v) is 12.9. The van der Waals surface area contributed by atoms with Crippen molar-refractivity contribution in [2.75, 3.05) is 12.3 Å². The van der Waals surface area contributed by atoms with Crippen molar-refractivity contribution in [3.05, 3.63) is 30.3 Å². The molecule has 2 bridgehead atoms. The fourth-order valence-electron chi connectivity index (χ4n) is 5.23. The topological polar surface area (TPSA) is 12.0 Å². The first kappa shape index (κ1) is 13.2. The molecule has 0 amide bonds. The van der Waals surface area contributed by atoms with Gasteiger partial charge in [-0.15, -0.1) is 11.8 Å². The Balaban J connectivity index is 1.23. The molecule has 1 aromatic carbocycles. The minimum absolute atomic E-state index is 0.843. The Hall–Kier alpha value is -0.470. The van der Waals surface area contributed by atoms with E-state index in [-0.39, 0.29) is 0 Å². The lowest BCUT2D eigenvalue weighted by atomic mass is 9.79. The number of benzene rings is 1. The Kier molecular flexibility index (Phi) is 3.78. The molecule has 4 rings (SSSR count). The standard InChI is InChI=1S/C18H25NS/c1-2-5-14(6-3-1)20-10-9-19-18-12-13-11-17(18)16-8-4-7-15(13)16/h1-3,5-6,13,15-19H,4,7-12H2. The second kappa shape index (κ2) is 5.73. The van der Waals surface area contributed by atoms with Crippen molar-refractivity contribution in [2.45, 2.75) is 43.0 Å². The SMILES string of the molecule is c1ccc(SCCNC2CC3CC2C2CCCC32)cc1. The van der Waals surface area contributed by atoms with Gasteiger partial charge in [0.25, 0.3) is 0 Å². The summed E-state index contributed by atoms with van der Waals surface area (Å²) in [5.74, 6) is 5.51. The van der Waals surface area contributed by atoms with Crippen LogP contribution in [0.4, 0.5) is 0 Å². The second-order valence-electron chi connectivity index (χ2n) is 6.88. The van der Waals surface area contributed by atoms with Crippen molar-refractivity contribution < 1.29 is 0 Å². The highest BCUT2D eigenvalue weighted by Gasteiger charge is 2.53. The minimum Gasteiger partial charge on any atom is -0.313 e. The zero-order valence-electron chi connectivity index (χ0n) is 12.1. The first-order valence-electron chi connectivity index (χ1n) is 8.33. The average Bonchev–Trinajstić information content (AvgIpc) is 3.17. The molecule has 3 aliphatic carbocycles. The number of thioether (sulfide) groups is 1. The summed E-state index contributed by atoms with van der Waals surface area (Å²) in [5, 5.41) is 3.88. The monoisotopic (exact) mass is 287 g/mol. The molecule has 5 unspecified atom stereocenters. The Morgan fingerprint density at radius 3 is 2.75 bits per heavy atom. The maximum atomic E-state index is 3.88. The molecular weight excluding hydrogens is 262 g/mol. The highest BCUT2D eigenvalue weighted by Crippen LogP contribution is 2.58. The van der Waals surface area contributed by atoms with Crippen molar-refractivity contribution in [1.29, 1.82) is 0 Å². The Morgan fingerprint density at radius 2 is 1.85 bits per heavy atom. The van der Waals surface area contributed by atoms with Crippen LogP contribution in [0.1, 0.15) is 32.1 Å². The van der Waals surface area contributed by atoms with E-state index in [1.807, 2.05) is 11.8 Å². The van der Waals surface area contributed by atoms with Crippen molar-refractivity contribution in [2.24, 2.45) is 23.7 Å². The van der Waals surface area contributed by atoms with Crippen LogP contribution in [-0.4, -0.2) is 18.3 Å². The first-order chi connectivity index (χ1) is 9.92. The Morgan fingerprint density at radius 1 is 1.00 bits per heavy atom. The lowest BCUT2D eigenvalue weighted by Gasteiger charge is -2.32. The smallest absolute Gasteiger partial charge is 0.0106 e. The Bertz CT molecular complexity index is 446. The van der Waals surface area contributed by atoms with E-state index in [4.69, 9.17) is 0 Å². The van der Waals surface area contributed by atoms with Crippen LogP contribution < -0.4 is 5.32 Å². The Labute approximate surface area is 126 Å². The fourth-order valence-corrected chi connectivity index (χ4v) is 6.04. The second-order valence-corrected chi connectivity index (χ2v) is 8.04. The summed E-state index contributed by atoms with van der Waals surface area (Å²) < 4.78 is 0. The van der Waals surface area contributed by atoms with Crippen LogP contribution in [0.3, 0.4) is 0 Å². The largest absolute Gasteiger partial charge is 0.313 e. The highest BCUT2D eigenvalue weighted by atomic mass is 32.2. The van der Waals surface area contributed by atoms with E-state index in [9.17, 15) is 0 Å². The zero-order chi connectivity index (χ0) is 13.4. The number of rotatable bonds is 5. The van der Waals surface area contributed by atoms with Crippen LogP contribution in [0, 0.1) is 23.7 Å².